The van der Waals surface area contributed by atoms with Crippen molar-refractivity contribution in [1.29, 1.82) is 0 Å². The molecule has 4 nitrogen and oxygen atoms in total. The molecule has 0 aliphatic carbocycles. The molecule has 1 rings (SSSR count). The predicted molar refractivity (Wildman–Crippen MR) is 62.2 cm³/mol. The lowest BCUT2D eigenvalue weighted by Gasteiger charge is -2.16. The Labute approximate surface area is 95.0 Å². The van der Waals surface area contributed by atoms with Gasteiger partial charge in [0.05, 0.1) is 0 Å². The van der Waals surface area contributed by atoms with Crippen molar-refractivity contribution in [2.45, 2.75) is 26.9 Å². The standard InChI is InChI=1S/C12H17NO3/c1-7(2)8(3)16-12(15)10-5-4-9(13)6-11(10)14/h4-8,14H,13H2,1-3H3. The number of rotatable bonds is 3. The van der Waals surface area contributed by atoms with Crippen molar-refractivity contribution in [3.05, 3.63) is 23.8 Å². The molecule has 16 heavy (non-hydrogen) atoms. The van der Waals surface area contributed by atoms with Crippen LogP contribution in [0.2, 0.25) is 0 Å². The Kier molecular flexibility index (Phi) is 3.77. The highest BCUT2D eigenvalue weighted by atomic mass is 16.5. The number of nitrogens with two attached hydrogens (primary N) is 1. The molecule has 4 heteroatoms. The van der Waals surface area contributed by atoms with Crippen LogP contribution in [0.4, 0.5) is 5.69 Å². The van der Waals surface area contributed by atoms with E-state index in [4.69, 9.17) is 10.5 Å². The van der Waals surface area contributed by atoms with Crippen molar-refractivity contribution in [2.24, 2.45) is 5.92 Å². The van der Waals surface area contributed by atoms with E-state index < -0.39 is 5.97 Å². The molecule has 0 bridgehead atoms. The van der Waals surface area contributed by atoms with Crippen LogP contribution < -0.4 is 5.73 Å². The fourth-order valence-corrected chi connectivity index (χ4v) is 1.09. The van der Waals surface area contributed by atoms with Crippen LogP contribution >= 0.6 is 0 Å². The lowest BCUT2D eigenvalue weighted by atomic mass is 10.1. The van der Waals surface area contributed by atoms with Gasteiger partial charge in [-0.15, -0.1) is 0 Å². The van der Waals surface area contributed by atoms with Gasteiger partial charge in [0.2, 0.25) is 0 Å². The van der Waals surface area contributed by atoms with Crippen LogP contribution in [0.3, 0.4) is 0 Å². The molecular weight excluding hydrogens is 206 g/mol. The summed E-state index contributed by atoms with van der Waals surface area (Å²) in [4.78, 5) is 11.7. The summed E-state index contributed by atoms with van der Waals surface area (Å²) in [5.74, 6) is -0.445. The maximum atomic E-state index is 11.7. The van der Waals surface area contributed by atoms with Crippen LogP contribution in [-0.4, -0.2) is 17.2 Å². The number of anilines is 1. The molecule has 1 aromatic rings. The van der Waals surface area contributed by atoms with Gasteiger partial charge in [-0.1, -0.05) is 13.8 Å². The molecule has 0 spiro atoms. The summed E-state index contributed by atoms with van der Waals surface area (Å²) in [5.41, 5.74) is 6.01. The van der Waals surface area contributed by atoms with E-state index in [1.54, 1.807) is 6.07 Å². The number of esters is 1. The summed E-state index contributed by atoms with van der Waals surface area (Å²) in [7, 11) is 0. The number of carbonyl (C=O) groups excluding carboxylic acids is 1. The van der Waals surface area contributed by atoms with Gasteiger partial charge in [-0.05, 0) is 25.0 Å². The van der Waals surface area contributed by atoms with Gasteiger partial charge in [0, 0.05) is 11.8 Å². The van der Waals surface area contributed by atoms with Gasteiger partial charge in [0.25, 0.3) is 0 Å². The van der Waals surface area contributed by atoms with Crippen LogP contribution in [0, 0.1) is 5.92 Å². The van der Waals surface area contributed by atoms with E-state index in [0.29, 0.717) is 5.69 Å². The summed E-state index contributed by atoms with van der Waals surface area (Å²) in [6.45, 7) is 5.73. The van der Waals surface area contributed by atoms with Gasteiger partial charge in [-0.3, -0.25) is 0 Å². The average molecular weight is 223 g/mol. The summed E-state index contributed by atoms with van der Waals surface area (Å²) < 4.78 is 5.18. The fourth-order valence-electron chi connectivity index (χ4n) is 1.09. The molecule has 1 atom stereocenters. The zero-order valence-electron chi connectivity index (χ0n) is 9.73. The second-order valence-corrected chi connectivity index (χ2v) is 4.13. The Morgan fingerprint density at radius 1 is 1.38 bits per heavy atom. The molecule has 0 aliphatic heterocycles. The Bertz CT molecular complexity index is 388. The third-order valence-corrected chi connectivity index (χ3v) is 2.47. The van der Waals surface area contributed by atoms with Crippen LogP contribution in [-0.2, 0) is 4.74 Å². The third kappa shape index (κ3) is 2.89. The first-order chi connectivity index (χ1) is 7.41. The highest BCUT2D eigenvalue weighted by Gasteiger charge is 2.17. The summed E-state index contributed by atoms with van der Waals surface area (Å²) >= 11 is 0. The minimum absolute atomic E-state index is 0.140. The zero-order chi connectivity index (χ0) is 12.3. The van der Waals surface area contributed by atoms with E-state index in [0.717, 1.165) is 0 Å². The molecule has 0 amide bonds. The highest BCUT2D eigenvalue weighted by molar-refractivity contribution is 5.93. The summed E-state index contributed by atoms with van der Waals surface area (Å²) in [6.07, 6.45) is -0.190. The Morgan fingerprint density at radius 2 is 2.00 bits per heavy atom. The van der Waals surface area contributed by atoms with Crippen molar-refractivity contribution in [2.75, 3.05) is 5.73 Å². The molecule has 0 fully saturated rings. The quantitative estimate of drug-likeness (QED) is 0.608. The normalized spacial score (nSPS) is 12.5. The molecule has 1 unspecified atom stereocenters. The van der Waals surface area contributed by atoms with Crippen molar-refractivity contribution >= 4 is 11.7 Å². The Hall–Kier alpha value is -1.71. The fraction of sp³-hybridized carbons (Fsp3) is 0.417. The number of nitrogen functional groups attached to an aromatic ring is 1. The van der Waals surface area contributed by atoms with Crippen molar-refractivity contribution < 1.29 is 14.6 Å². The van der Waals surface area contributed by atoms with Crippen molar-refractivity contribution in [1.82, 2.24) is 0 Å². The van der Waals surface area contributed by atoms with Gasteiger partial charge >= 0.3 is 5.97 Å². The van der Waals surface area contributed by atoms with Crippen LogP contribution in [0.5, 0.6) is 5.75 Å². The van der Waals surface area contributed by atoms with Crippen LogP contribution in [0.15, 0.2) is 18.2 Å². The molecule has 88 valence electrons. The van der Waals surface area contributed by atoms with Gasteiger partial charge in [-0.2, -0.15) is 0 Å². The van der Waals surface area contributed by atoms with Gasteiger partial charge < -0.3 is 15.6 Å². The topological polar surface area (TPSA) is 72.5 Å². The second-order valence-electron chi connectivity index (χ2n) is 4.13. The van der Waals surface area contributed by atoms with E-state index in [2.05, 4.69) is 0 Å². The first-order valence-corrected chi connectivity index (χ1v) is 5.21. The second kappa shape index (κ2) is 4.88. The third-order valence-electron chi connectivity index (χ3n) is 2.47. The molecule has 0 aliphatic rings. The van der Waals surface area contributed by atoms with E-state index >= 15 is 0 Å². The number of phenols is 1. The minimum Gasteiger partial charge on any atom is -0.507 e. The number of hydrogen-bond donors (Lipinski definition) is 2. The number of carbonyl (C=O) groups is 1. The zero-order valence-corrected chi connectivity index (χ0v) is 9.73. The molecular formula is C12H17NO3. The monoisotopic (exact) mass is 223 g/mol. The number of benzene rings is 1. The molecule has 0 heterocycles. The first kappa shape index (κ1) is 12.4. The van der Waals surface area contributed by atoms with Crippen LogP contribution in [0.1, 0.15) is 31.1 Å². The number of hydrogen-bond acceptors (Lipinski definition) is 4. The Balaban J connectivity index is 2.81. The number of aromatic hydroxyl groups is 1. The van der Waals surface area contributed by atoms with Crippen molar-refractivity contribution in [3.8, 4) is 5.75 Å². The van der Waals surface area contributed by atoms with E-state index in [-0.39, 0.29) is 23.3 Å². The van der Waals surface area contributed by atoms with Crippen molar-refractivity contribution in [3.63, 3.8) is 0 Å². The summed E-state index contributed by atoms with van der Waals surface area (Å²) in [5, 5.41) is 9.53. The van der Waals surface area contributed by atoms with E-state index in [1.165, 1.54) is 12.1 Å². The minimum atomic E-state index is -0.529. The van der Waals surface area contributed by atoms with Gasteiger partial charge in [-0.25, -0.2) is 4.79 Å². The van der Waals surface area contributed by atoms with E-state index in [9.17, 15) is 9.90 Å². The maximum Gasteiger partial charge on any atom is 0.342 e. The molecule has 1 aromatic carbocycles. The van der Waals surface area contributed by atoms with Gasteiger partial charge in [0.1, 0.15) is 17.4 Å². The lowest BCUT2D eigenvalue weighted by Crippen LogP contribution is -2.20. The lowest BCUT2D eigenvalue weighted by molar-refractivity contribution is 0.0235. The first-order valence-electron chi connectivity index (χ1n) is 5.21. The van der Waals surface area contributed by atoms with Crippen LogP contribution in [0.25, 0.3) is 0 Å². The maximum absolute atomic E-state index is 11.7. The molecule has 0 radical (unpaired) electrons. The van der Waals surface area contributed by atoms with E-state index in [1.807, 2.05) is 20.8 Å². The SMILES string of the molecule is CC(C)C(C)OC(=O)c1ccc(N)cc1O. The highest BCUT2D eigenvalue weighted by Crippen LogP contribution is 2.22. The predicted octanol–water partition coefficient (Wildman–Crippen LogP) is 2.18. The average Bonchev–Trinajstić information content (AvgIpc) is 2.16. The smallest absolute Gasteiger partial charge is 0.342 e. The molecule has 3 N–H and O–H groups in total. The Morgan fingerprint density at radius 3 is 2.50 bits per heavy atom. The molecule has 0 saturated heterocycles. The number of phenolic OH excluding ortho intramolecular Hbond substituents is 1. The summed E-state index contributed by atoms with van der Waals surface area (Å²) in [6, 6.07) is 4.34. The van der Waals surface area contributed by atoms with Gasteiger partial charge in [0.15, 0.2) is 0 Å². The molecule has 0 aromatic heterocycles. The number of ether oxygens (including phenoxy) is 1. The molecule has 0 saturated carbocycles. The largest absolute Gasteiger partial charge is 0.507 e.